The number of pyridine rings is 1. The van der Waals surface area contributed by atoms with Crippen molar-refractivity contribution in [2.75, 3.05) is 0 Å². The van der Waals surface area contributed by atoms with Gasteiger partial charge >= 0.3 is 33.5 Å². The van der Waals surface area contributed by atoms with E-state index in [4.69, 9.17) is 20.1 Å². The molecule has 1 aromatic carbocycles. The number of fused-ring (bicyclic) bond motifs is 2. The summed E-state index contributed by atoms with van der Waals surface area (Å²) in [6.45, 7) is 2.56. The summed E-state index contributed by atoms with van der Waals surface area (Å²) in [6.07, 6.45) is 11.9. The first-order valence-corrected chi connectivity index (χ1v) is 15.0. The minimum absolute atomic E-state index is 0. The van der Waals surface area contributed by atoms with Crippen LogP contribution in [0.2, 0.25) is 0 Å². The molecule has 0 spiro atoms. The molecule has 5 rings (SSSR count). The van der Waals surface area contributed by atoms with Gasteiger partial charge in [0.25, 0.3) is 0 Å². The van der Waals surface area contributed by atoms with Crippen LogP contribution in [0.3, 0.4) is 0 Å². The van der Waals surface area contributed by atoms with Crippen LogP contribution >= 0.6 is 20.1 Å². The molecule has 0 bridgehead atoms. The zero-order valence-electron chi connectivity index (χ0n) is 18.8. The SMILES string of the molecule is CC1C(Cc2ccccc2)C2CC3CCCC3CC2C1Cc1ccccn1.[CH3-].[Cl][Cr+][Cl]. The van der Waals surface area contributed by atoms with Gasteiger partial charge in [-0.25, -0.2) is 0 Å². The molecular weight excluding hydrogens is 461 g/mol. The third-order valence-electron chi connectivity index (χ3n) is 8.45. The summed E-state index contributed by atoms with van der Waals surface area (Å²) in [6, 6.07) is 17.7. The summed E-state index contributed by atoms with van der Waals surface area (Å²) in [5, 5.41) is 0. The van der Waals surface area contributed by atoms with Crippen LogP contribution in [0.25, 0.3) is 0 Å². The Hall–Kier alpha value is -0.518. The van der Waals surface area contributed by atoms with Crippen molar-refractivity contribution in [3.05, 3.63) is 73.4 Å². The summed E-state index contributed by atoms with van der Waals surface area (Å²) in [7, 11) is 9.65. The topological polar surface area (TPSA) is 12.9 Å². The summed E-state index contributed by atoms with van der Waals surface area (Å²) >= 11 is -0.181. The van der Waals surface area contributed by atoms with Crippen molar-refractivity contribution in [3.8, 4) is 0 Å². The van der Waals surface area contributed by atoms with Gasteiger partial charge in [-0.1, -0.05) is 62.6 Å². The van der Waals surface area contributed by atoms with Crippen molar-refractivity contribution in [3.63, 3.8) is 0 Å². The van der Waals surface area contributed by atoms with E-state index in [-0.39, 0.29) is 20.8 Å². The normalized spacial score (nSPS) is 33.3. The molecule has 31 heavy (non-hydrogen) atoms. The van der Waals surface area contributed by atoms with Crippen LogP contribution in [0.1, 0.15) is 50.3 Å². The predicted octanol–water partition coefficient (Wildman–Crippen LogP) is 8.02. The van der Waals surface area contributed by atoms with Crippen LogP contribution in [-0.2, 0) is 26.2 Å². The minimum atomic E-state index is -0.181. The Morgan fingerprint density at radius 3 is 2.03 bits per heavy atom. The van der Waals surface area contributed by atoms with Gasteiger partial charge in [-0.15, -0.1) is 0 Å². The van der Waals surface area contributed by atoms with E-state index in [1.165, 1.54) is 50.6 Å². The summed E-state index contributed by atoms with van der Waals surface area (Å²) < 4.78 is 0. The van der Waals surface area contributed by atoms with E-state index in [0.717, 1.165) is 41.4 Å². The first-order chi connectivity index (χ1) is 14.7. The number of nitrogens with zero attached hydrogens (tertiary/aromatic N) is 1. The van der Waals surface area contributed by atoms with Gasteiger partial charge in [0.05, 0.1) is 0 Å². The molecule has 0 aliphatic heterocycles. The molecule has 3 saturated carbocycles. The molecule has 1 nitrogen and oxygen atoms in total. The van der Waals surface area contributed by atoms with Gasteiger partial charge in [-0.3, -0.25) is 4.98 Å². The van der Waals surface area contributed by atoms with Crippen molar-refractivity contribution >= 4 is 20.1 Å². The van der Waals surface area contributed by atoms with Gasteiger partial charge in [-0.2, -0.15) is 0 Å². The Morgan fingerprint density at radius 2 is 1.45 bits per heavy atom. The standard InChI is InChI=1S/C26H33N.CH3.2ClH.Cr/c1-18-23(14-19-8-3-2-4-9-19)25-15-20-10-7-11-21(20)16-26(25)24(18)17-22-12-5-6-13-27-22;;;;/h2-6,8-9,12-13,18,20-21,23-26H,7,10-11,14-17H2,1H3;1H3;2*1H;/q;-1;;;+3/p-2. The zero-order chi connectivity index (χ0) is 20.9. The Kier molecular flexibility index (Phi) is 9.79. The Bertz CT molecular complexity index is 708. The first-order valence-electron chi connectivity index (χ1n) is 11.5. The van der Waals surface area contributed by atoms with Crippen LogP contribution in [0.15, 0.2) is 54.7 Å². The molecule has 2 aromatic rings. The zero-order valence-corrected chi connectivity index (χ0v) is 21.6. The number of hydrogen-bond donors (Lipinski definition) is 0. The van der Waals surface area contributed by atoms with Crippen molar-refractivity contribution in [1.29, 1.82) is 0 Å². The molecule has 3 aliphatic rings. The molecule has 4 heteroatoms. The fourth-order valence-corrected chi connectivity index (χ4v) is 7.19. The van der Waals surface area contributed by atoms with Crippen LogP contribution < -0.4 is 0 Å². The monoisotopic (exact) mass is 496 g/mol. The maximum absolute atomic E-state index is 4.83. The van der Waals surface area contributed by atoms with E-state index in [2.05, 4.69) is 54.4 Å². The van der Waals surface area contributed by atoms with Crippen molar-refractivity contribution in [2.45, 2.75) is 51.9 Å². The van der Waals surface area contributed by atoms with Gasteiger partial charge < -0.3 is 7.43 Å². The molecule has 3 fully saturated rings. The molecular formula is C27H36Cl2CrN. The molecule has 1 heterocycles. The van der Waals surface area contributed by atoms with E-state index in [9.17, 15) is 0 Å². The van der Waals surface area contributed by atoms with Crippen LogP contribution in [0.4, 0.5) is 0 Å². The fraction of sp³-hybridized carbons (Fsp3) is 0.556. The van der Waals surface area contributed by atoms with E-state index in [0.29, 0.717) is 0 Å². The van der Waals surface area contributed by atoms with Gasteiger partial charge in [0.1, 0.15) is 0 Å². The second kappa shape index (κ2) is 12.1. The summed E-state index contributed by atoms with van der Waals surface area (Å²) in [4.78, 5) is 4.69. The average molecular weight is 497 g/mol. The molecule has 169 valence electrons. The number of benzene rings is 1. The van der Waals surface area contributed by atoms with Gasteiger partial charge in [0.2, 0.25) is 0 Å². The van der Waals surface area contributed by atoms with E-state index in [1.807, 2.05) is 12.3 Å². The number of aromatic nitrogens is 1. The third-order valence-corrected chi connectivity index (χ3v) is 8.45. The first kappa shape index (κ1) is 25.1. The van der Waals surface area contributed by atoms with Gasteiger partial charge in [0, 0.05) is 11.9 Å². The molecule has 1 aromatic heterocycles. The van der Waals surface area contributed by atoms with Crippen LogP contribution in [0, 0.1) is 48.9 Å². The van der Waals surface area contributed by atoms with Crippen molar-refractivity contribution < 1.29 is 13.4 Å². The maximum atomic E-state index is 4.83. The Balaban J connectivity index is 0.000000645. The molecule has 0 N–H and O–H groups in total. The van der Waals surface area contributed by atoms with Gasteiger partial charge in [0.15, 0.2) is 0 Å². The van der Waals surface area contributed by atoms with Crippen molar-refractivity contribution in [2.24, 2.45) is 41.4 Å². The second-order valence-electron chi connectivity index (χ2n) is 9.71. The number of rotatable bonds is 4. The number of hydrogen-bond acceptors (Lipinski definition) is 1. The average Bonchev–Trinajstić information content (AvgIpc) is 3.32. The quantitative estimate of drug-likeness (QED) is 0.390. The molecule has 3 aliphatic carbocycles. The molecule has 0 amide bonds. The fourth-order valence-electron chi connectivity index (χ4n) is 7.19. The van der Waals surface area contributed by atoms with Gasteiger partial charge in [-0.05, 0) is 84.8 Å². The molecule has 0 saturated heterocycles. The van der Waals surface area contributed by atoms with E-state index in [1.54, 1.807) is 5.56 Å². The Morgan fingerprint density at radius 1 is 0.871 bits per heavy atom. The van der Waals surface area contributed by atoms with E-state index < -0.39 is 0 Å². The Labute approximate surface area is 204 Å². The molecule has 7 unspecified atom stereocenters. The number of halogens is 2. The second-order valence-corrected chi connectivity index (χ2v) is 11.8. The third kappa shape index (κ3) is 5.89. The van der Waals surface area contributed by atoms with Crippen molar-refractivity contribution in [1.82, 2.24) is 4.98 Å². The molecule has 0 radical (unpaired) electrons. The predicted molar refractivity (Wildman–Crippen MR) is 129 cm³/mol. The summed E-state index contributed by atoms with van der Waals surface area (Å²) in [5.74, 6) is 6.41. The van der Waals surface area contributed by atoms with E-state index >= 15 is 0 Å². The summed E-state index contributed by atoms with van der Waals surface area (Å²) in [5.41, 5.74) is 2.85. The van der Waals surface area contributed by atoms with Crippen LogP contribution in [-0.4, -0.2) is 4.98 Å². The van der Waals surface area contributed by atoms with Crippen LogP contribution in [0.5, 0.6) is 0 Å². The molecule has 7 atom stereocenters.